The smallest absolute Gasteiger partial charge is 0.322 e. The fourth-order valence-corrected chi connectivity index (χ4v) is 2.02. The number of benzene rings is 1. The Bertz CT molecular complexity index is 579. The highest BCUT2D eigenvalue weighted by Crippen LogP contribution is 2.16. The molecule has 2 amide bonds. The minimum absolute atomic E-state index is 0.0627. The van der Waals surface area contributed by atoms with Crippen LogP contribution in [-0.2, 0) is 6.54 Å². The lowest BCUT2D eigenvalue weighted by Gasteiger charge is -2.20. The van der Waals surface area contributed by atoms with E-state index in [4.69, 9.17) is 10.2 Å². The van der Waals surface area contributed by atoms with Gasteiger partial charge in [-0.15, -0.1) is 0 Å². The van der Waals surface area contributed by atoms with Crippen molar-refractivity contribution >= 4 is 11.7 Å². The van der Waals surface area contributed by atoms with Crippen molar-refractivity contribution in [1.29, 1.82) is 0 Å². The number of nitrogens with two attached hydrogens (primary N) is 1. The van der Waals surface area contributed by atoms with Gasteiger partial charge < -0.3 is 20.4 Å². The number of anilines is 1. The summed E-state index contributed by atoms with van der Waals surface area (Å²) in [7, 11) is 0. The lowest BCUT2D eigenvalue weighted by atomic mass is 10.1. The number of hydrogen-bond donors (Lipinski definition) is 2. The lowest BCUT2D eigenvalue weighted by Crippen LogP contribution is -2.34. The maximum Gasteiger partial charge on any atom is 0.322 e. The van der Waals surface area contributed by atoms with Gasteiger partial charge >= 0.3 is 6.03 Å². The number of amides is 2. The number of rotatable bonds is 5. The number of carbonyl (C=O) groups excluding carboxylic acids is 1. The predicted octanol–water partition coefficient (Wildman–Crippen LogP) is 3.35. The Labute approximate surface area is 124 Å². The van der Waals surface area contributed by atoms with Crippen LogP contribution in [0.4, 0.5) is 10.5 Å². The zero-order chi connectivity index (χ0) is 15.2. The Morgan fingerprint density at radius 2 is 2.19 bits per heavy atom. The van der Waals surface area contributed by atoms with Crippen molar-refractivity contribution in [3.63, 3.8) is 0 Å². The summed E-state index contributed by atoms with van der Waals surface area (Å²) in [6.45, 7) is 4.89. The molecule has 2 rings (SSSR count). The van der Waals surface area contributed by atoms with E-state index >= 15 is 0 Å². The van der Waals surface area contributed by atoms with E-state index in [9.17, 15) is 4.79 Å². The summed E-state index contributed by atoms with van der Waals surface area (Å²) in [4.78, 5) is 14.0. The molecule has 5 nitrogen and oxygen atoms in total. The molecule has 1 aromatic heterocycles. The second-order valence-electron chi connectivity index (χ2n) is 4.94. The summed E-state index contributed by atoms with van der Waals surface area (Å²) in [6.07, 6.45) is 1.60. The molecule has 2 aromatic rings. The molecule has 112 valence electrons. The van der Waals surface area contributed by atoms with Crippen LogP contribution in [-0.4, -0.2) is 17.5 Å². The first kappa shape index (κ1) is 15.1. The van der Waals surface area contributed by atoms with Crippen LogP contribution in [0.1, 0.15) is 31.2 Å². The zero-order valence-electron chi connectivity index (χ0n) is 12.4. The van der Waals surface area contributed by atoms with Gasteiger partial charge in [0.15, 0.2) is 0 Å². The molecule has 5 heteroatoms. The van der Waals surface area contributed by atoms with Gasteiger partial charge in [-0.2, -0.15) is 0 Å². The SMILES string of the molecule is CCN(Cc1ccco1)C(=O)Nc1cccc(C(C)N)c1. The highest BCUT2D eigenvalue weighted by molar-refractivity contribution is 5.89. The van der Waals surface area contributed by atoms with Crippen molar-refractivity contribution in [1.82, 2.24) is 4.90 Å². The summed E-state index contributed by atoms with van der Waals surface area (Å²) in [6, 6.07) is 11.0. The summed E-state index contributed by atoms with van der Waals surface area (Å²) in [5.74, 6) is 0.760. The average Bonchev–Trinajstić information content (AvgIpc) is 2.97. The second-order valence-corrected chi connectivity index (χ2v) is 4.94. The van der Waals surface area contributed by atoms with Crippen LogP contribution in [0.2, 0.25) is 0 Å². The maximum absolute atomic E-state index is 12.3. The standard InChI is InChI=1S/C16H21N3O2/c1-3-19(11-15-8-5-9-21-15)16(20)18-14-7-4-6-13(10-14)12(2)17/h4-10,12H,3,11,17H2,1-2H3,(H,18,20). The van der Waals surface area contributed by atoms with E-state index < -0.39 is 0 Å². The Balaban J connectivity index is 2.03. The van der Waals surface area contributed by atoms with Gasteiger partial charge in [-0.3, -0.25) is 0 Å². The van der Waals surface area contributed by atoms with Crippen molar-refractivity contribution in [3.05, 3.63) is 54.0 Å². The summed E-state index contributed by atoms with van der Waals surface area (Å²) >= 11 is 0. The number of nitrogens with zero attached hydrogens (tertiary/aromatic N) is 1. The van der Waals surface area contributed by atoms with Crippen LogP contribution in [0.15, 0.2) is 47.1 Å². The van der Waals surface area contributed by atoms with E-state index in [0.29, 0.717) is 13.1 Å². The predicted molar refractivity (Wildman–Crippen MR) is 82.9 cm³/mol. The van der Waals surface area contributed by atoms with Gasteiger partial charge in [-0.1, -0.05) is 12.1 Å². The number of furan rings is 1. The molecule has 0 saturated carbocycles. The van der Waals surface area contributed by atoms with Gasteiger partial charge in [0.05, 0.1) is 12.8 Å². The van der Waals surface area contributed by atoms with Crippen molar-refractivity contribution in [3.8, 4) is 0 Å². The monoisotopic (exact) mass is 287 g/mol. The fraction of sp³-hybridized carbons (Fsp3) is 0.312. The molecule has 0 fully saturated rings. The van der Waals surface area contributed by atoms with E-state index in [1.807, 2.05) is 50.2 Å². The van der Waals surface area contributed by atoms with E-state index in [-0.39, 0.29) is 12.1 Å². The van der Waals surface area contributed by atoms with Crippen LogP contribution in [0.3, 0.4) is 0 Å². The summed E-state index contributed by atoms with van der Waals surface area (Å²) in [5, 5.41) is 2.89. The van der Waals surface area contributed by atoms with Crippen LogP contribution >= 0.6 is 0 Å². The quantitative estimate of drug-likeness (QED) is 0.885. The third-order valence-corrected chi connectivity index (χ3v) is 3.26. The zero-order valence-corrected chi connectivity index (χ0v) is 12.4. The Morgan fingerprint density at radius 1 is 1.38 bits per heavy atom. The number of carbonyl (C=O) groups is 1. The minimum Gasteiger partial charge on any atom is -0.467 e. The molecule has 0 radical (unpaired) electrons. The maximum atomic E-state index is 12.3. The van der Waals surface area contributed by atoms with Crippen molar-refractivity contribution in [2.24, 2.45) is 5.73 Å². The third kappa shape index (κ3) is 4.10. The van der Waals surface area contributed by atoms with Crippen LogP contribution < -0.4 is 11.1 Å². The summed E-state index contributed by atoms with van der Waals surface area (Å²) < 4.78 is 5.28. The van der Waals surface area contributed by atoms with E-state index in [2.05, 4.69) is 5.32 Å². The molecule has 1 atom stereocenters. The van der Waals surface area contributed by atoms with Crippen LogP contribution in [0.5, 0.6) is 0 Å². The van der Waals surface area contributed by atoms with Gasteiger partial charge in [0.2, 0.25) is 0 Å². The third-order valence-electron chi connectivity index (χ3n) is 3.26. The Kier molecular flexibility index (Phi) is 5.00. The molecule has 1 heterocycles. The van der Waals surface area contributed by atoms with Crippen molar-refractivity contribution in [2.45, 2.75) is 26.4 Å². The van der Waals surface area contributed by atoms with Gasteiger partial charge in [-0.25, -0.2) is 4.79 Å². The summed E-state index contributed by atoms with van der Waals surface area (Å²) in [5.41, 5.74) is 7.59. The van der Waals surface area contributed by atoms with Gasteiger partial charge in [0, 0.05) is 18.3 Å². The highest BCUT2D eigenvalue weighted by Gasteiger charge is 2.14. The van der Waals surface area contributed by atoms with Gasteiger partial charge in [0.25, 0.3) is 0 Å². The average molecular weight is 287 g/mol. The Morgan fingerprint density at radius 3 is 2.81 bits per heavy atom. The first-order valence-corrected chi connectivity index (χ1v) is 7.04. The molecule has 0 spiro atoms. The van der Waals surface area contributed by atoms with E-state index in [1.165, 1.54) is 0 Å². The lowest BCUT2D eigenvalue weighted by molar-refractivity contribution is 0.207. The van der Waals surface area contributed by atoms with Gasteiger partial charge in [0.1, 0.15) is 5.76 Å². The molecular formula is C16H21N3O2. The molecular weight excluding hydrogens is 266 g/mol. The largest absolute Gasteiger partial charge is 0.467 e. The first-order chi connectivity index (χ1) is 10.1. The fourth-order valence-electron chi connectivity index (χ4n) is 2.02. The first-order valence-electron chi connectivity index (χ1n) is 7.04. The Hall–Kier alpha value is -2.27. The molecule has 0 aliphatic heterocycles. The topological polar surface area (TPSA) is 71.5 Å². The number of urea groups is 1. The molecule has 21 heavy (non-hydrogen) atoms. The minimum atomic E-state index is -0.157. The van der Waals surface area contributed by atoms with Crippen LogP contribution in [0.25, 0.3) is 0 Å². The molecule has 0 saturated heterocycles. The molecule has 1 aromatic carbocycles. The normalized spacial score (nSPS) is 12.0. The molecule has 0 bridgehead atoms. The molecule has 1 unspecified atom stereocenters. The second kappa shape index (κ2) is 6.95. The van der Waals surface area contributed by atoms with Crippen LogP contribution in [0, 0.1) is 0 Å². The number of nitrogens with one attached hydrogen (secondary N) is 1. The van der Waals surface area contributed by atoms with Crippen molar-refractivity contribution in [2.75, 3.05) is 11.9 Å². The van der Waals surface area contributed by atoms with Crippen molar-refractivity contribution < 1.29 is 9.21 Å². The molecule has 0 aliphatic rings. The van der Waals surface area contributed by atoms with E-state index in [0.717, 1.165) is 17.0 Å². The number of hydrogen-bond acceptors (Lipinski definition) is 3. The van der Waals surface area contributed by atoms with E-state index in [1.54, 1.807) is 11.2 Å². The van der Waals surface area contributed by atoms with Gasteiger partial charge in [-0.05, 0) is 43.7 Å². The molecule has 0 aliphatic carbocycles. The molecule has 3 N–H and O–H groups in total. The highest BCUT2D eigenvalue weighted by atomic mass is 16.3.